The number of amides is 2. The molecule has 4 rings (SSSR count). The summed E-state index contributed by atoms with van der Waals surface area (Å²) in [5.41, 5.74) is 0. The molecule has 1 aromatic rings. The van der Waals surface area contributed by atoms with Gasteiger partial charge in [0.1, 0.15) is 5.76 Å². The second-order valence-corrected chi connectivity index (χ2v) is 8.05. The van der Waals surface area contributed by atoms with Gasteiger partial charge in [0.2, 0.25) is 11.8 Å². The Morgan fingerprint density at radius 2 is 2.27 bits per heavy atom. The van der Waals surface area contributed by atoms with E-state index in [2.05, 4.69) is 20.7 Å². The molecule has 0 aliphatic carbocycles. The van der Waals surface area contributed by atoms with Crippen molar-refractivity contribution in [3.8, 4) is 0 Å². The minimum Gasteiger partial charge on any atom is -0.360 e. The van der Waals surface area contributed by atoms with Crippen LogP contribution in [0.25, 0.3) is 0 Å². The zero-order valence-electron chi connectivity index (χ0n) is 14.7. The number of fused-ring (bicyclic) bond motifs is 4. The van der Waals surface area contributed by atoms with E-state index in [4.69, 9.17) is 16.1 Å². The van der Waals surface area contributed by atoms with Gasteiger partial charge in [0.15, 0.2) is 5.15 Å². The zero-order chi connectivity index (χ0) is 18.1. The normalized spacial score (nSPS) is 30.8. The molecule has 0 unspecified atom stereocenters. The summed E-state index contributed by atoms with van der Waals surface area (Å²) in [6, 6.07) is 2.06. The molecule has 2 amide bonds. The van der Waals surface area contributed by atoms with Gasteiger partial charge < -0.3 is 20.1 Å². The average molecular weight is 381 g/mol. The quantitative estimate of drug-likeness (QED) is 0.805. The predicted octanol–water partition coefficient (Wildman–Crippen LogP) is 1.37. The summed E-state index contributed by atoms with van der Waals surface area (Å²) in [6.45, 7) is 2.45. The Balaban J connectivity index is 1.36. The van der Waals surface area contributed by atoms with E-state index in [9.17, 15) is 9.59 Å². The van der Waals surface area contributed by atoms with Crippen molar-refractivity contribution in [1.29, 1.82) is 0 Å². The lowest BCUT2D eigenvalue weighted by Crippen LogP contribution is -2.66. The van der Waals surface area contributed by atoms with Gasteiger partial charge in [0.25, 0.3) is 0 Å². The number of hydrogen-bond acceptors (Lipinski definition) is 5. The fourth-order valence-electron chi connectivity index (χ4n) is 4.85. The zero-order valence-corrected chi connectivity index (χ0v) is 15.5. The van der Waals surface area contributed by atoms with E-state index in [1.807, 2.05) is 0 Å². The number of carbonyl (C=O) groups excluding carboxylic acids is 2. The standard InChI is InChI=1S/C18H25ClN4O3/c19-16-7-13(26-22-16)4-5-17(24)21-10-15-12-6-11(8-20-9-12)14-2-1-3-18(25)23(14)15/h7,11-12,14-15,20H,1-6,8-10H2,(H,21,24)/t11-,12+,14+,15+/m1/s1. The maximum Gasteiger partial charge on any atom is 0.223 e. The molecule has 7 nitrogen and oxygen atoms in total. The van der Waals surface area contributed by atoms with E-state index in [1.54, 1.807) is 6.07 Å². The first-order chi connectivity index (χ1) is 12.6. The first-order valence-electron chi connectivity index (χ1n) is 9.51. The van der Waals surface area contributed by atoms with E-state index in [-0.39, 0.29) is 17.9 Å². The minimum absolute atomic E-state index is 0.0376. The van der Waals surface area contributed by atoms with Crippen molar-refractivity contribution < 1.29 is 14.1 Å². The molecule has 3 aliphatic rings. The predicted molar refractivity (Wildman–Crippen MR) is 95.6 cm³/mol. The van der Waals surface area contributed by atoms with Gasteiger partial charge in [-0.05, 0) is 37.6 Å². The third kappa shape index (κ3) is 3.60. The van der Waals surface area contributed by atoms with Crippen molar-refractivity contribution in [2.24, 2.45) is 11.8 Å². The number of rotatable bonds is 5. The largest absolute Gasteiger partial charge is 0.360 e. The van der Waals surface area contributed by atoms with Crippen LogP contribution >= 0.6 is 11.6 Å². The minimum atomic E-state index is -0.0376. The lowest BCUT2D eigenvalue weighted by atomic mass is 9.72. The third-order valence-corrected chi connectivity index (χ3v) is 6.22. The number of hydrogen-bond donors (Lipinski definition) is 2. The highest BCUT2D eigenvalue weighted by atomic mass is 35.5. The molecule has 0 aromatic carbocycles. The monoisotopic (exact) mass is 380 g/mol. The van der Waals surface area contributed by atoms with Crippen molar-refractivity contribution >= 4 is 23.4 Å². The summed E-state index contributed by atoms with van der Waals surface area (Å²) < 4.78 is 5.02. The van der Waals surface area contributed by atoms with Crippen LogP contribution in [0.4, 0.5) is 0 Å². The number of nitrogens with zero attached hydrogens (tertiary/aromatic N) is 2. The number of piperidine rings is 3. The maximum atomic E-state index is 12.6. The van der Waals surface area contributed by atoms with Crippen molar-refractivity contribution in [2.45, 2.75) is 50.6 Å². The van der Waals surface area contributed by atoms with Gasteiger partial charge in [0.05, 0.1) is 6.04 Å². The Labute approximate surface area is 157 Å². The molecule has 3 aliphatic heterocycles. The number of nitrogens with one attached hydrogen (secondary N) is 2. The van der Waals surface area contributed by atoms with Gasteiger partial charge in [0, 0.05) is 44.5 Å². The van der Waals surface area contributed by atoms with Crippen LogP contribution in [-0.4, -0.2) is 53.6 Å². The van der Waals surface area contributed by atoms with E-state index in [0.717, 1.165) is 32.4 Å². The third-order valence-electron chi connectivity index (χ3n) is 6.04. The fraction of sp³-hybridized carbons (Fsp3) is 0.722. The smallest absolute Gasteiger partial charge is 0.223 e. The van der Waals surface area contributed by atoms with Crippen LogP contribution in [0.5, 0.6) is 0 Å². The highest BCUT2D eigenvalue weighted by Gasteiger charge is 2.47. The topological polar surface area (TPSA) is 87.5 Å². The van der Waals surface area contributed by atoms with Crippen molar-refractivity contribution in [2.75, 3.05) is 19.6 Å². The molecule has 2 N–H and O–H groups in total. The Bertz CT molecular complexity index is 679. The van der Waals surface area contributed by atoms with E-state index >= 15 is 0 Å². The van der Waals surface area contributed by atoms with Crippen molar-refractivity contribution in [3.63, 3.8) is 0 Å². The summed E-state index contributed by atoms with van der Waals surface area (Å²) in [7, 11) is 0. The molecule has 4 atom stereocenters. The molecule has 4 heterocycles. The molecule has 3 fully saturated rings. The van der Waals surface area contributed by atoms with Crippen molar-refractivity contribution in [3.05, 3.63) is 17.0 Å². The lowest BCUT2D eigenvalue weighted by Gasteiger charge is -2.54. The first kappa shape index (κ1) is 17.8. The molecule has 0 saturated carbocycles. The fourth-order valence-corrected chi connectivity index (χ4v) is 5.00. The number of carbonyl (C=O) groups is 2. The van der Waals surface area contributed by atoms with E-state index in [1.165, 1.54) is 0 Å². The van der Waals surface area contributed by atoms with Gasteiger partial charge in [-0.1, -0.05) is 16.8 Å². The SMILES string of the molecule is O=C(CCc1cc(Cl)no1)NC[C@H]1[C@@H]2CNC[C@@H](C2)[C@@H]2CCCC(=O)N21. The number of aromatic nitrogens is 1. The number of aryl methyl sites for hydroxylation is 1. The molecule has 0 spiro atoms. The second-order valence-electron chi connectivity index (χ2n) is 7.66. The van der Waals surface area contributed by atoms with Crippen LogP contribution in [0.3, 0.4) is 0 Å². The Morgan fingerprint density at radius 1 is 1.42 bits per heavy atom. The lowest BCUT2D eigenvalue weighted by molar-refractivity contribution is -0.149. The molecular formula is C18H25ClN4O3. The van der Waals surface area contributed by atoms with Gasteiger partial charge in [-0.25, -0.2) is 0 Å². The van der Waals surface area contributed by atoms with Crippen LogP contribution in [0.1, 0.15) is 37.9 Å². The van der Waals surface area contributed by atoms with Crippen LogP contribution < -0.4 is 10.6 Å². The van der Waals surface area contributed by atoms with E-state index < -0.39 is 0 Å². The summed E-state index contributed by atoms with van der Waals surface area (Å²) in [4.78, 5) is 27.0. The average Bonchev–Trinajstić information content (AvgIpc) is 3.06. The highest BCUT2D eigenvalue weighted by molar-refractivity contribution is 6.29. The van der Waals surface area contributed by atoms with Gasteiger partial charge in [-0.2, -0.15) is 0 Å². The Morgan fingerprint density at radius 3 is 3.08 bits per heavy atom. The van der Waals surface area contributed by atoms with Gasteiger partial charge in [-0.3, -0.25) is 9.59 Å². The Hall–Kier alpha value is -1.60. The second kappa shape index (κ2) is 7.56. The van der Waals surface area contributed by atoms with Gasteiger partial charge in [-0.15, -0.1) is 0 Å². The molecule has 3 saturated heterocycles. The van der Waals surface area contributed by atoms with Crippen LogP contribution in [0.2, 0.25) is 5.15 Å². The molecule has 2 bridgehead atoms. The molecule has 0 radical (unpaired) electrons. The highest BCUT2D eigenvalue weighted by Crippen LogP contribution is 2.39. The molecule has 1 aromatic heterocycles. The molecular weight excluding hydrogens is 356 g/mol. The van der Waals surface area contributed by atoms with Crippen molar-refractivity contribution in [1.82, 2.24) is 20.7 Å². The van der Waals surface area contributed by atoms with Gasteiger partial charge >= 0.3 is 0 Å². The molecule has 8 heteroatoms. The van der Waals surface area contributed by atoms with Crippen LogP contribution in [0.15, 0.2) is 10.6 Å². The van der Waals surface area contributed by atoms with Crippen LogP contribution in [-0.2, 0) is 16.0 Å². The maximum absolute atomic E-state index is 12.6. The first-order valence-corrected chi connectivity index (χ1v) is 9.89. The summed E-state index contributed by atoms with van der Waals surface area (Å²) in [5.74, 6) is 1.80. The molecule has 142 valence electrons. The van der Waals surface area contributed by atoms with Crippen LogP contribution in [0, 0.1) is 11.8 Å². The molecule has 26 heavy (non-hydrogen) atoms. The number of halogens is 1. The van der Waals surface area contributed by atoms with E-state index in [0.29, 0.717) is 54.6 Å². The summed E-state index contributed by atoms with van der Waals surface area (Å²) in [5, 5.41) is 10.5. The summed E-state index contributed by atoms with van der Waals surface area (Å²) in [6.07, 6.45) is 4.65. The Kier molecular flexibility index (Phi) is 5.18. The summed E-state index contributed by atoms with van der Waals surface area (Å²) >= 11 is 5.72.